The molecule has 0 aliphatic carbocycles. The number of nitrogens with zero attached hydrogens (tertiary/aromatic N) is 1. The summed E-state index contributed by atoms with van der Waals surface area (Å²) in [4.78, 5) is 2.63. The number of hydrogen-bond acceptors (Lipinski definition) is 3. The Morgan fingerprint density at radius 3 is 2.88 bits per heavy atom. The van der Waals surface area contributed by atoms with Crippen molar-refractivity contribution in [3.8, 4) is 0 Å². The third kappa shape index (κ3) is 3.67. The maximum Gasteiger partial charge on any atom is 0.0546 e. The van der Waals surface area contributed by atoms with E-state index in [1.165, 1.54) is 45.2 Å². The summed E-state index contributed by atoms with van der Waals surface area (Å²) in [5, 5.41) is 0. The maximum atomic E-state index is 6.02. The van der Waals surface area contributed by atoms with Crippen LogP contribution in [0.1, 0.15) is 39.0 Å². The Morgan fingerprint density at radius 2 is 2.18 bits per heavy atom. The van der Waals surface area contributed by atoms with Crippen LogP contribution in [0, 0.1) is 11.3 Å². The summed E-state index contributed by atoms with van der Waals surface area (Å²) >= 11 is 0. The smallest absolute Gasteiger partial charge is 0.0546 e. The quantitative estimate of drug-likeness (QED) is 0.818. The zero-order chi connectivity index (χ0) is 12.1. The molecule has 2 aliphatic heterocycles. The Labute approximate surface area is 106 Å². The molecule has 0 aromatic heterocycles. The number of rotatable bonds is 3. The molecule has 2 heterocycles. The highest BCUT2D eigenvalue weighted by molar-refractivity contribution is 4.86. The lowest BCUT2D eigenvalue weighted by Gasteiger charge is -2.39. The molecule has 2 atom stereocenters. The molecular weight excluding hydrogens is 212 g/mol. The van der Waals surface area contributed by atoms with Gasteiger partial charge < -0.3 is 15.4 Å². The highest BCUT2D eigenvalue weighted by atomic mass is 16.5. The first-order valence-corrected chi connectivity index (χ1v) is 7.24. The van der Waals surface area contributed by atoms with E-state index in [4.69, 9.17) is 10.5 Å². The largest absolute Gasteiger partial charge is 0.381 e. The van der Waals surface area contributed by atoms with Crippen molar-refractivity contribution in [2.75, 3.05) is 39.4 Å². The lowest BCUT2D eigenvalue weighted by molar-refractivity contribution is -0.0214. The van der Waals surface area contributed by atoms with Crippen LogP contribution in [0.3, 0.4) is 0 Å². The molecule has 2 fully saturated rings. The van der Waals surface area contributed by atoms with E-state index in [2.05, 4.69) is 11.8 Å². The van der Waals surface area contributed by atoms with E-state index < -0.39 is 0 Å². The van der Waals surface area contributed by atoms with Gasteiger partial charge in [0.15, 0.2) is 0 Å². The standard InChI is InChI=1S/C14H28N2O/c1-13-4-2-7-16(8-5-13)11-14(10-15)6-3-9-17-12-14/h13H,2-12,15H2,1H3. The summed E-state index contributed by atoms with van der Waals surface area (Å²) in [6.45, 7) is 8.62. The minimum atomic E-state index is 0.242. The zero-order valence-electron chi connectivity index (χ0n) is 11.3. The van der Waals surface area contributed by atoms with Crippen LogP contribution in [0.2, 0.25) is 0 Å². The van der Waals surface area contributed by atoms with Crippen molar-refractivity contribution in [3.63, 3.8) is 0 Å². The zero-order valence-corrected chi connectivity index (χ0v) is 11.3. The van der Waals surface area contributed by atoms with Gasteiger partial charge in [0.25, 0.3) is 0 Å². The molecular formula is C14H28N2O. The molecule has 0 aromatic carbocycles. The van der Waals surface area contributed by atoms with Crippen LogP contribution in [0.15, 0.2) is 0 Å². The number of likely N-dealkylation sites (tertiary alicyclic amines) is 1. The summed E-state index contributed by atoms with van der Waals surface area (Å²) in [5.41, 5.74) is 6.26. The van der Waals surface area contributed by atoms with Gasteiger partial charge in [0.2, 0.25) is 0 Å². The van der Waals surface area contributed by atoms with Crippen LogP contribution in [0.5, 0.6) is 0 Å². The molecule has 17 heavy (non-hydrogen) atoms. The molecule has 3 heteroatoms. The van der Waals surface area contributed by atoms with Crippen LogP contribution in [-0.4, -0.2) is 44.3 Å². The summed E-state index contributed by atoms with van der Waals surface area (Å²) in [7, 11) is 0. The van der Waals surface area contributed by atoms with Crippen molar-refractivity contribution in [2.24, 2.45) is 17.1 Å². The summed E-state index contributed by atoms with van der Waals surface area (Å²) in [6, 6.07) is 0. The molecule has 2 saturated heterocycles. The molecule has 0 saturated carbocycles. The first-order chi connectivity index (χ1) is 8.24. The van der Waals surface area contributed by atoms with Crippen molar-refractivity contribution >= 4 is 0 Å². The molecule has 0 amide bonds. The van der Waals surface area contributed by atoms with Crippen LogP contribution in [0.4, 0.5) is 0 Å². The summed E-state index contributed by atoms with van der Waals surface area (Å²) in [5.74, 6) is 0.899. The fourth-order valence-electron chi connectivity index (χ4n) is 3.22. The third-order valence-corrected chi connectivity index (χ3v) is 4.51. The van der Waals surface area contributed by atoms with E-state index in [9.17, 15) is 0 Å². The Kier molecular flexibility index (Phi) is 4.83. The molecule has 2 rings (SSSR count). The van der Waals surface area contributed by atoms with E-state index >= 15 is 0 Å². The Hall–Kier alpha value is -0.120. The van der Waals surface area contributed by atoms with Crippen molar-refractivity contribution < 1.29 is 4.74 Å². The van der Waals surface area contributed by atoms with Gasteiger partial charge in [-0.15, -0.1) is 0 Å². The van der Waals surface area contributed by atoms with Crippen LogP contribution >= 0.6 is 0 Å². The fraction of sp³-hybridized carbons (Fsp3) is 1.00. The lowest BCUT2D eigenvalue weighted by Crippen LogP contribution is -2.48. The minimum absolute atomic E-state index is 0.242. The van der Waals surface area contributed by atoms with Gasteiger partial charge in [0.05, 0.1) is 6.61 Å². The van der Waals surface area contributed by atoms with Gasteiger partial charge in [0.1, 0.15) is 0 Å². The van der Waals surface area contributed by atoms with Crippen LogP contribution in [0.25, 0.3) is 0 Å². The number of ether oxygens (including phenoxy) is 1. The fourth-order valence-corrected chi connectivity index (χ4v) is 3.22. The third-order valence-electron chi connectivity index (χ3n) is 4.51. The van der Waals surface area contributed by atoms with Crippen molar-refractivity contribution in [2.45, 2.75) is 39.0 Å². The van der Waals surface area contributed by atoms with Gasteiger partial charge in [-0.2, -0.15) is 0 Å². The molecule has 0 spiro atoms. The minimum Gasteiger partial charge on any atom is -0.381 e. The predicted molar refractivity (Wildman–Crippen MR) is 71.0 cm³/mol. The normalized spacial score (nSPS) is 36.7. The van der Waals surface area contributed by atoms with Crippen LogP contribution in [-0.2, 0) is 4.74 Å². The molecule has 2 aliphatic rings. The maximum absolute atomic E-state index is 6.02. The topological polar surface area (TPSA) is 38.5 Å². The molecule has 0 aromatic rings. The molecule has 0 radical (unpaired) electrons. The van der Waals surface area contributed by atoms with Crippen LogP contribution < -0.4 is 5.73 Å². The number of nitrogens with two attached hydrogens (primary N) is 1. The van der Waals surface area contributed by atoms with Gasteiger partial charge in [-0.1, -0.05) is 6.92 Å². The van der Waals surface area contributed by atoms with Crippen molar-refractivity contribution in [1.82, 2.24) is 4.90 Å². The van der Waals surface area contributed by atoms with Gasteiger partial charge in [0, 0.05) is 25.1 Å². The molecule has 100 valence electrons. The number of hydrogen-bond donors (Lipinski definition) is 1. The highest BCUT2D eigenvalue weighted by Crippen LogP contribution is 2.29. The second kappa shape index (κ2) is 6.17. The highest BCUT2D eigenvalue weighted by Gasteiger charge is 2.33. The molecule has 0 bridgehead atoms. The first-order valence-electron chi connectivity index (χ1n) is 7.24. The first kappa shape index (κ1) is 13.3. The Morgan fingerprint density at radius 1 is 1.29 bits per heavy atom. The van der Waals surface area contributed by atoms with Gasteiger partial charge in [-0.3, -0.25) is 0 Å². The summed E-state index contributed by atoms with van der Waals surface area (Å²) < 4.78 is 5.66. The van der Waals surface area contributed by atoms with Crippen molar-refractivity contribution in [3.05, 3.63) is 0 Å². The second-order valence-electron chi connectivity index (χ2n) is 6.17. The van der Waals surface area contributed by atoms with Crippen molar-refractivity contribution in [1.29, 1.82) is 0 Å². The molecule has 3 nitrogen and oxygen atoms in total. The van der Waals surface area contributed by atoms with E-state index in [1.54, 1.807) is 0 Å². The van der Waals surface area contributed by atoms with E-state index in [-0.39, 0.29) is 5.41 Å². The van der Waals surface area contributed by atoms with E-state index in [1.807, 2.05) is 0 Å². The van der Waals surface area contributed by atoms with Gasteiger partial charge >= 0.3 is 0 Å². The monoisotopic (exact) mass is 240 g/mol. The molecule has 2 unspecified atom stereocenters. The van der Waals surface area contributed by atoms with Gasteiger partial charge in [-0.05, 0) is 51.1 Å². The SMILES string of the molecule is CC1CCCN(CC2(CN)CCCOC2)CC1. The van der Waals surface area contributed by atoms with Gasteiger partial charge in [-0.25, -0.2) is 0 Å². The Bertz CT molecular complexity index is 226. The Balaban J connectivity index is 1.88. The van der Waals surface area contributed by atoms with E-state index in [0.717, 1.165) is 32.2 Å². The average molecular weight is 240 g/mol. The predicted octanol–water partition coefficient (Wildman–Crippen LogP) is 1.86. The summed E-state index contributed by atoms with van der Waals surface area (Å²) in [6.07, 6.45) is 6.52. The molecule has 2 N–H and O–H groups in total. The lowest BCUT2D eigenvalue weighted by atomic mass is 9.82. The second-order valence-corrected chi connectivity index (χ2v) is 6.17. The van der Waals surface area contributed by atoms with E-state index in [0.29, 0.717) is 0 Å². The average Bonchev–Trinajstić information content (AvgIpc) is 2.56.